The lowest BCUT2D eigenvalue weighted by Gasteiger charge is -2.32. The summed E-state index contributed by atoms with van der Waals surface area (Å²) < 4.78 is 48.7. The number of aromatic nitrogens is 3. The van der Waals surface area contributed by atoms with E-state index in [1.807, 2.05) is 20.8 Å². The fraction of sp³-hybridized carbons (Fsp3) is 0.455. The number of halogens is 1. The summed E-state index contributed by atoms with van der Waals surface area (Å²) in [6.07, 6.45) is 3.32. The van der Waals surface area contributed by atoms with Gasteiger partial charge in [0.15, 0.2) is 15.7 Å². The molecule has 4 rings (SSSR count). The Hall–Kier alpha value is -3.28. The van der Waals surface area contributed by atoms with Gasteiger partial charge in [-0.1, -0.05) is 5.16 Å². The van der Waals surface area contributed by atoms with E-state index in [1.165, 1.54) is 18.5 Å². The summed E-state index contributed by atoms with van der Waals surface area (Å²) in [5.41, 5.74) is 0.898. The topological polar surface area (TPSA) is 128 Å². The zero-order valence-corrected chi connectivity index (χ0v) is 20.1. The molecular weight excluding hydrogens is 465 g/mol. The highest BCUT2D eigenvalue weighted by Crippen LogP contribution is 2.34. The number of anilines is 2. The van der Waals surface area contributed by atoms with Crippen LogP contribution in [0.15, 0.2) is 33.9 Å². The molecule has 1 amide bonds. The highest BCUT2D eigenvalue weighted by Gasteiger charge is 2.30. The largest absolute Gasteiger partial charge is 0.444 e. The van der Waals surface area contributed by atoms with Crippen LogP contribution < -0.4 is 5.32 Å². The average Bonchev–Trinajstić information content (AvgIpc) is 3.18. The van der Waals surface area contributed by atoms with Gasteiger partial charge in [0.1, 0.15) is 29.0 Å². The number of likely N-dealkylation sites (tertiary alicyclic amines) is 1. The number of amides is 1. The van der Waals surface area contributed by atoms with Crippen LogP contribution in [0.3, 0.4) is 0 Å². The van der Waals surface area contributed by atoms with Gasteiger partial charge in [-0.3, -0.25) is 0 Å². The zero-order valence-electron chi connectivity index (χ0n) is 19.3. The Kier molecular flexibility index (Phi) is 6.19. The standard InChI is InChI=1S/C22H26FN5O5S/c1-22(2,3)32-21(29)28-9-7-13(8-10-28)17-18-19(33-27-17)20(25-12-24-18)26-16-6-5-14(11-15(16)23)34(4,30)31/h5-6,11-13H,7-10H2,1-4H3,(H,24,25,26). The van der Waals surface area contributed by atoms with Crippen LogP contribution in [0.5, 0.6) is 0 Å². The zero-order chi connectivity index (χ0) is 24.7. The quantitative estimate of drug-likeness (QED) is 0.575. The summed E-state index contributed by atoms with van der Waals surface area (Å²) >= 11 is 0. The number of rotatable bonds is 4. The molecule has 2 aromatic heterocycles. The second-order valence-electron chi connectivity index (χ2n) is 9.25. The molecule has 0 unspecified atom stereocenters. The molecular formula is C22H26FN5O5S. The Morgan fingerprint density at radius 3 is 2.56 bits per heavy atom. The van der Waals surface area contributed by atoms with Crippen LogP contribution >= 0.6 is 0 Å². The molecule has 1 saturated heterocycles. The summed E-state index contributed by atoms with van der Waals surface area (Å²) in [5.74, 6) is -0.515. The van der Waals surface area contributed by atoms with Crippen LogP contribution in [0, 0.1) is 5.82 Å². The first-order valence-electron chi connectivity index (χ1n) is 10.8. The van der Waals surface area contributed by atoms with Crippen LogP contribution in [0.1, 0.15) is 45.2 Å². The van der Waals surface area contributed by atoms with Gasteiger partial charge in [-0.05, 0) is 51.8 Å². The Morgan fingerprint density at radius 1 is 1.24 bits per heavy atom. The lowest BCUT2D eigenvalue weighted by atomic mass is 9.93. The van der Waals surface area contributed by atoms with E-state index in [1.54, 1.807) is 4.90 Å². The molecule has 34 heavy (non-hydrogen) atoms. The summed E-state index contributed by atoms with van der Waals surface area (Å²) in [6.45, 7) is 6.52. The van der Waals surface area contributed by atoms with Gasteiger partial charge in [0.05, 0.1) is 10.6 Å². The normalized spacial score (nSPS) is 15.5. The van der Waals surface area contributed by atoms with E-state index in [2.05, 4.69) is 20.4 Å². The van der Waals surface area contributed by atoms with Gasteiger partial charge in [-0.2, -0.15) is 0 Å². The monoisotopic (exact) mass is 491 g/mol. The third kappa shape index (κ3) is 5.11. The average molecular weight is 492 g/mol. The number of nitrogens with one attached hydrogen (secondary N) is 1. The van der Waals surface area contributed by atoms with Crippen molar-refractivity contribution < 1.29 is 26.9 Å². The molecule has 1 fully saturated rings. The van der Waals surface area contributed by atoms with Gasteiger partial charge in [0.25, 0.3) is 0 Å². The van der Waals surface area contributed by atoms with E-state index in [9.17, 15) is 17.6 Å². The number of hydrogen-bond acceptors (Lipinski definition) is 9. The maximum atomic E-state index is 14.5. The molecule has 1 aliphatic heterocycles. The summed E-state index contributed by atoms with van der Waals surface area (Å²) in [4.78, 5) is 22.3. The predicted octanol–water partition coefficient (Wildman–Crippen LogP) is 4.02. The van der Waals surface area contributed by atoms with Gasteiger partial charge in [-0.15, -0.1) is 0 Å². The maximum absolute atomic E-state index is 14.5. The van der Waals surface area contributed by atoms with Gasteiger partial charge in [0, 0.05) is 25.3 Å². The van der Waals surface area contributed by atoms with Crippen molar-refractivity contribution in [3.05, 3.63) is 36.0 Å². The first kappa shape index (κ1) is 23.9. The fourth-order valence-electron chi connectivity index (χ4n) is 3.76. The van der Waals surface area contributed by atoms with Crippen LogP contribution in [-0.4, -0.2) is 59.5 Å². The predicted molar refractivity (Wildman–Crippen MR) is 122 cm³/mol. The van der Waals surface area contributed by atoms with Crippen LogP contribution in [0.4, 0.5) is 20.7 Å². The number of fused-ring (bicyclic) bond motifs is 1. The third-order valence-electron chi connectivity index (χ3n) is 5.44. The van der Waals surface area contributed by atoms with E-state index >= 15 is 0 Å². The van der Waals surface area contributed by atoms with E-state index in [4.69, 9.17) is 9.26 Å². The molecule has 3 aromatic rings. The Bertz CT molecular complexity index is 1330. The number of sulfone groups is 1. The van der Waals surface area contributed by atoms with Crippen molar-refractivity contribution >= 4 is 38.5 Å². The summed E-state index contributed by atoms with van der Waals surface area (Å²) in [5, 5.41) is 7.02. The van der Waals surface area contributed by atoms with E-state index in [-0.39, 0.29) is 34.0 Å². The van der Waals surface area contributed by atoms with E-state index in [0.717, 1.165) is 12.3 Å². The van der Waals surface area contributed by atoms with Crippen LogP contribution in [-0.2, 0) is 14.6 Å². The highest BCUT2D eigenvalue weighted by atomic mass is 32.2. The van der Waals surface area contributed by atoms with Gasteiger partial charge in [0.2, 0.25) is 5.58 Å². The van der Waals surface area contributed by atoms with Gasteiger partial charge < -0.3 is 19.5 Å². The van der Waals surface area contributed by atoms with Crippen molar-refractivity contribution in [2.75, 3.05) is 24.7 Å². The molecule has 12 heteroatoms. The van der Waals surface area contributed by atoms with Crippen LogP contribution in [0.2, 0.25) is 0 Å². The lowest BCUT2D eigenvalue weighted by molar-refractivity contribution is 0.0204. The molecule has 3 heterocycles. The van der Waals surface area contributed by atoms with Gasteiger partial charge in [-0.25, -0.2) is 27.6 Å². The summed E-state index contributed by atoms with van der Waals surface area (Å²) in [6, 6.07) is 3.58. The van der Waals surface area contributed by atoms with Crippen LogP contribution in [0.25, 0.3) is 11.1 Å². The third-order valence-corrected chi connectivity index (χ3v) is 6.55. The van der Waals surface area contributed by atoms with E-state index < -0.39 is 21.3 Å². The highest BCUT2D eigenvalue weighted by molar-refractivity contribution is 7.90. The summed E-state index contributed by atoms with van der Waals surface area (Å²) in [7, 11) is -3.53. The number of carbonyl (C=O) groups excluding carboxylic acids is 1. The van der Waals surface area contributed by atoms with Crippen molar-refractivity contribution in [3.8, 4) is 0 Å². The van der Waals surface area contributed by atoms with Gasteiger partial charge >= 0.3 is 6.09 Å². The Morgan fingerprint density at radius 2 is 1.94 bits per heavy atom. The Labute approximate surface area is 196 Å². The molecule has 0 bridgehead atoms. The lowest BCUT2D eigenvalue weighted by Crippen LogP contribution is -2.41. The van der Waals surface area contributed by atoms with Crippen molar-refractivity contribution in [3.63, 3.8) is 0 Å². The number of ether oxygens (including phenoxy) is 1. The minimum absolute atomic E-state index is 0.0217. The van der Waals surface area contributed by atoms with Crippen molar-refractivity contribution in [1.82, 2.24) is 20.0 Å². The van der Waals surface area contributed by atoms with Crippen molar-refractivity contribution in [1.29, 1.82) is 0 Å². The smallest absolute Gasteiger partial charge is 0.410 e. The molecule has 182 valence electrons. The number of hydrogen-bond donors (Lipinski definition) is 1. The fourth-order valence-corrected chi connectivity index (χ4v) is 4.39. The molecule has 10 nitrogen and oxygen atoms in total. The van der Waals surface area contributed by atoms with Crippen molar-refractivity contribution in [2.45, 2.75) is 50.0 Å². The Balaban J connectivity index is 1.51. The molecule has 1 N–H and O–H groups in total. The maximum Gasteiger partial charge on any atom is 0.410 e. The van der Waals surface area contributed by atoms with E-state index in [0.29, 0.717) is 37.1 Å². The first-order chi connectivity index (χ1) is 15.9. The number of piperidine rings is 1. The molecule has 0 spiro atoms. The number of carbonyl (C=O) groups is 1. The number of benzene rings is 1. The SMILES string of the molecule is CC(C)(C)OC(=O)N1CCC(c2noc3c(Nc4ccc(S(C)(=O)=O)cc4F)ncnc23)CC1. The molecule has 1 aromatic carbocycles. The minimum atomic E-state index is -3.53. The molecule has 0 saturated carbocycles. The second kappa shape index (κ2) is 8.82. The molecule has 0 atom stereocenters. The molecule has 0 radical (unpaired) electrons. The molecule has 0 aliphatic carbocycles. The first-order valence-corrected chi connectivity index (χ1v) is 12.7. The molecule has 1 aliphatic rings. The second-order valence-corrected chi connectivity index (χ2v) is 11.3. The minimum Gasteiger partial charge on any atom is -0.444 e. The number of nitrogens with zero attached hydrogens (tertiary/aromatic N) is 4. The van der Waals surface area contributed by atoms with Crippen molar-refractivity contribution in [2.24, 2.45) is 0 Å².